The fourth-order valence-corrected chi connectivity index (χ4v) is 3.71. The van der Waals surface area contributed by atoms with Gasteiger partial charge >= 0.3 is 18.3 Å². The van der Waals surface area contributed by atoms with Crippen LogP contribution < -0.4 is 16.0 Å². The van der Waals surface area contributed by atoms with E-state index >= 15 is 0 Å². The maximum atomic E-state index is 12.6. The molecule has 0 unspecified atom stereocenters. The number of hydrogen-bond donors (Lipinski definition) is 4. The molecule has 1 heterocycles. The Morgan fingerprint density at radius 2 is 1.16 bits per heavy atom. The van der Waals surface area contributed by atoms with Crippen molar-refractivity contribution in [2.45, 2.75) is 31.0 Å². The number of aliphatic hydroxyl groups is 1. The summed E-state index contributed by atoms with van der Waals surface area (Å²) in [5, 5.41) is 18.3. The van der Waals surface area contributed by atoms with Crippen LogP contribution in [0.2, 0.25) is 0 Å². The molecule has 0 bridgehead atoms. The summed E-state index contributed by atoms with van der Waals surface area (Å²) in [6, 6.07) is 25.9. The van der Waals surface area contributed by atoms with E-state index in [1.807, 2.05) is 0 Å². The van der Waals surface area contributed by atoms with E-state index < -0.39 is 42.9 Å². The van der Waals surface area contributed by atoms with Crippen LogP contribution in [0.25, 0.3) is 0 Å². The van der Waals surface area contributed by atoms with Crippen LogP contribution in [0.5, 0.6) is 0 Å². The van der Waals surface area contributed by atoms with E-state index in [0.717, 1.165) is 0 Å². The van der Waals surface area contributed by atoms with E-state index in [0.29, 0.717) is 17.1 Å². The van der Waals surface area contributed by atoms with Gasteiger partial charge in [-0.3, -0.25) is 16.0 Å². The molecule has 0 radical (unpaired) electrons. The first kappa shape index (κ1) is 26.5. The Morgan fingerprint density at radius 3 is 1.66 bits per heavy atom. The highest BCUT2D eigenvalue weighted by atomic mass is 16.7. The van der Waals surface area contributed by atoms with Crippen molar-refractivity contribution in [2.75, 3.05) is 22.6 Å². The van der Waals surface area contributed by atoms with Crippen LogP contribution in [0.4, 0.5) is 31.4 Å². The maximum absolute atomic E-state index is 12.6. The molecule has 3 aromatic carbocycles. The minimum Gasteiger partial charge on any atom is -0.447 e. The quantitative estimate of drug-likeness (QED) is 0.331. The standard InChI is InChI=1S/C27H27N3O8/c31-24-23(38-27(34)30-20-14-8-3-9-15-20)22(37-26(33)29-19-12-6-2-7-13-19)16-21(36-24)17-35-25(32)28-18-10-4-1-5-11-18/h1-15,21-24,31H,16-17H2,(H,28,32)(H,29,33)(H,30,34)/t21-,22-,23+,24+/m0/s1. The van der Waals surface area contributed by atoms with E-state index in [4.69, 9.17) is 18.9 Å². The Balaban J connectivity index is 1.39. The van der Waals surface area contributed by atoms with Gasteiger partial charge < -0.3 is 24.1 Å². The Kier molecular flexibility index (Phi) is 9.11. The van der Waals surface area contributed by atoms with Crippen LogP contribution >= 0.6 is 0 Å². The lowest BCUT2D eigenvalue weighted by atomic mass is 10.0. The second-order valence-electron chi connectivity index (χ2n) is 8.27. The number of para-hydroxylation sites is 3. The highest BCUT2D eigenvalue weighted by molar-refractivity contribution is 5.86. The van der Waals surface area contributed by atoms with Gasteiger partial charge in [-0.15, -0.1) is 0 Å². The lowest BCUT2D eigenvalue weighted by Gasteiger charge is -2.37. The molecule has 198 valence electrons. The molecule has 1 saturated heterocycles. The molecule has 0 aliphatic carbocycles. The van der Waals surface area contributed by atoms with Crippen molar-refractivity contribution in [1.82, 2.24) is 0 Å². The Morgan fingerprint density at radius 1 is 0.711 bits per heavy atom. The summed E-state index contributed by atoms with van der Waals surface area (Å²) in [5.74, 6) is 0. The van der Waals surface area contributed by atoms with Crippen LogP contribution in [-0.4, -0.2) is 54.6 Å². The molecule has 0 spiro atoms. The molecule has 3 aromatic rings. The second-order valence-corrected chi connectivity index (χ2v) is 8.27. The predicted molar refractivity (Wildman–Crippen MR) is 138 cm³/mol. The molecule has 0 saturated carbocycles. The van der Waals surface area contributed by atoms with Crippen molar-refractivity contribution in [3.05, 3.63) is 91.0 Å². The minimum absolute atomic E-state index is 0.0266. The fraction of sp³-hybridized carbons (Fsp3) is 0.222. The summed E-state index contributed by atoms with van der Waals surface area (Å²) >= 11 is 0. The zero-order valence-electron chi connectivity index (χ0n) is 20.2. The fourth-order valence-electron chi connectivity index (χ4n) is 3.71. The van der Waals surface area contributed by atoms with Crippen LogP contribution in [0.15, 0.2) is 91.0 Å². The predicted octanol–water partition coefficient (Wildman–Crippen LogP) is 4.58. The maximum Gasteiger partial charge on any atom is 0.412 e. The topological polar surface area (TPSA) is 144 Å². The van der Waals surface area contributed by atoms with E-state index in [2.05, 4.69) is 16.0 Å². The molecule has 4 rings (SSSR count). The van der Waals surface area contributed by atoms with Crippen LogP contribution in [0, 0.1) is 0 Å². The zero-order chi connectivity index (χ0) is 26.7. The summed E-state index contributed by atoms with van der Waals surface area (Å²) in [6.45, 7) is -0.251. The number of aliphatic hydroxyl groups excluding tert-OH is 1. The Hall–Kier alpha value is -4.61. The summed E-state index contributed by atoms with van der Waals surface area (Å²) in [4.78, 5) is 37.2. The largest absolute Gasteiger partial charge is 0.447 e. The molecular formula is C27H27N3O8. The Labute approximate surface area is 218 Å². The monoisotopic (exact) mass is 521 g/mol. The van der Waals surface area contributed by atoms with Crippen LogP contribution in [-0.2, 0) is 18.9 Å². The number of carbonyl (C=O) groups excluding carboxylic acids is 3. The van der Waals surface area contributed by atoms with E-state index in [-0.39, 0.29) is 13.0 Å². The lowest BCUT2D eigenvalue weighted by molar-refractivity contribution is -0.248. The van der Waals surface area contributed by atoms with Crippen molar-refractivity contribution >= 4 is 35.3 Å². The van der Waals surface area contributed by atoms with Crippen molar-refractivity contribution < 1.29 is 38.4 Å². The van der Waals surface area contributed by atoms with Gasteiger partial charge in [0.25, 0.3) is 0 Å². The molecular weight excluding hydrogens is 494 g/mol. The number of nitrogens with one attached hydrogen (secondary N) is 3. The molecule has 0 aromatic heterocycles. The van der Waals surface area contributed by atoms with Gasteiger partial charge in [-0.05, 0) is 36.4 Å². The van der Waals surface area contributed by atoms with Gasteiger partial charge in [0.15, 0.2) is 12.4 Å². The van der Waals surface area contributed by atoms with E-state index in [9.17, 15) is 19.5 Å². The third kappa shape index (κ3) is 7.95. The minimum atomic E-state index is -1.66. The van der Waals surface area contributed by atoms with Crippen molar-refractivity contribution in [3.63, 3.8) is 0 Å². The molecule has 3 amide bonds. The molecule has 4 N–H and O–H groups in total. The molecule has 4 atom stereocenters. The first-order valence-corrected chi connectivity index (χ1v) is 11.8. The average Bonchev–Trinajstić information content (AvgIpc) is 2.91. The van der Waals surface area contributed by atoms with Gasteiger partial charge in [0, 0.05) is 23.5 Å². The molecule has 11 nitrogen and oxygen atoms in total. The number of amides is 3. The number of benzene rings is 3. The van der Waals surface area contributed by atoms with Gasteiger partial charge in [-0.1, -0.05) is 54.6 Å². The second kappa shape index (κ2) is 13.1. The number of rotatable bonds is 7. The number of ether oxygens (including phenoxy) is 4. The molecule has 1 aliphatic heterocycles. The molecule has 1 aliphatic rings. The van der Waals surface area contributed by atoms with Crippen LogP contribution in [0.1, 0.15) is 6.42 Å². The average molecular weight is 522 g/mol. The highest BCUT2D eigenvalue weighted by Crippen LogP contribution is 2.26. The SMILES string of the molecule is O=C(Nc1ccccc1)OC[C@@H]1C[C@H](OC(=O)Nc2ccccc2)[C@@H](OC(=O)Nc2ccccc2)[C@H](O)O1. The lowest BCUT2D eigenvalue weighted by Crippen LogP contribution is -2.53. The highest BCUT2D eigenvalue weighted by Gasteiger charge is 2.43. The zero-order valence-corrected chi connectivity index (χ0v) is 20.2. The summed E-state index contributed by atoms with van der Waals surface area (Å²) in [6.07, 6.45) is -7.43. The van der Waals surface area contributed by atoms with E-state index in [1.165, 1.54) is 0 Å². The van der Waals surface area contributed by atoms with Gasteiger partial charge in [0.05, 0.1) is 6.10 Å². The normalized spacial score (nSPS) is 20.4. The third-order valence-electron chi connectivity index (χ3n) is 5.44. The Bertz CT molecular complexity index is 1200. The van der Waals surface area contributed by atoms with E-state index in [1.54, 1.807) is 91.0 Å². The molecule has 11 heteroatoms. The number of carbonyl (C=O) groups is 3. The smallest absolute Gasteiger partial charge is 0.412 e. The van der Waals surface area contributed by atoms with Gasteiger partial charge in [-0.25, -0.2) is 14.4 Å². The van der Waals surface area contributed by atoms with Crippen molar-refractivity contribution in [3.8, 4) is 0 Å². The number of anilines is 3. The van der Waals surface area contributed by atoms with Gasteiger partial charge in [0.2, 0.25) is 0 Å². The third-order valence-corrected chi connectivity index (χ3v) is 5.44. The van der Waals surface area contributed by atoms with Crippen molar-refractivity contribution in [2.24, 2.45) is 0 Å². The summed E-state index contributed by atoms with van der Waals surface area (Å²) < 4.78 is 21.6. The molecule has 1 fully saturated rings. The first-order valence-electron chi connectivity index (χ1n) is 11.8. The first-order chi connectivity index (χ1) is 18.5. The van der Waals surface area contributed by atoms with Gasteiger partial charge in [0.1, 0.15) is 12.7 Å². The van der Waals surface area contributed by atoms with Crippen LogP contribution in [0.3, 0.4) is 0 Å². The summed E-state index contributed by atoms with van der Waals surface area (Å²) in [7, 11) is 0. The van der Waals surface area contributed by atoms with Gasteiger partial charge in [-0.2, -0.15) is 0 Å². The molecule has 38 heavy (non-hydrogen) atoms. The van der Waals surface area contributed by atoms with Crippen molar-refractivity contribution in [1.29, 1.82) is 0 Å². The summed E-state index contributed by atoms with van der Waals surface area (Å²) in [5.41, 5.74) is 1.50. The number of hydrogen-bond acceptors (Lipinski definition) is 8.